The average Bonchev–Trinajstić information content (AvgIpc) is 3.41. The van der Waals surface area contributed by atoms with E-state index in [9.17, 15) is 14.4 Å². The number of carbonyl (C=O) groups excluding carboxylic acids is 3. The molecule has 3 amide bonds. The maximum Gasteiger partial charge on any atom is 0.272 e. The summed E-state index contributed by atoms with van der Waals surface area (Å²) >= 11 is 1.39. The summed E-state index contributed by atoms with van der Waals surface area (Å²) in [6, 6.07) is 25.1. The van der Waals surface area contributed by atoms with Gasteiger partial charge in [0.1, 0.15) is 11.5 Å². The molecule has 0 fully saturated rings. The van der Waals surface area contributed by atoms with E-state index in [1.165, 1.54) is 24.1 Å². The molecule has 0 spiro atoms. The maximum atomic E-state index is 13.0. The van der Waals surface area contributed by atoms with Crippen LogP contribution in [0.2, 0.25) is 0 Å². The third-order valence-corrected chi connectivity index (χ3v) is 6.36. The molecule has 7 nitrogen and oxygen atoms in total. The Hall–Kier alpha value is -4.56. The van der Waals surface area contributed by atoms with Crippen molar-refractivity contribution in [2.75, 3.05) is 16.4 Å². The van der Waals surface area contributed by atoms with Crippen molar-refractivity contribution >= 4 is 46.9 Å². The van der Waals surface area contributed by atoms with E-state index < -0.39 is 11.8 Å². The number of nitrogens with one attached hydrogen (secondary N) is 3. The van der Waals surface area contributed by atoms with E-state index in [2.05, 4.69) is 22.0 Å². The lowest BCUT2D eigenvalue weighted by Crippen LogP contribution is -2.30. The summed E-state index contributed by atoms with van der Waals surface area (Å²) in [5.74, 6) is -0.336. The van der Waals surface area contributed by atoms with Crippen LogP contribution in [0.4, 0.5) is 11.4 Å². The fraction of sp³-hybridized carbons (Fsp3) is 0.100. The Kier molecular flexibility index (Phi) is 8.79. The van der Waals surface area contributed by atoms with Crippen LogP contribution in [0.3, 0.4) is 0 Å². The van der Waals surface area contributed by atoms with Crippen LogP contribution in [0, 0.1) is 13.8 Å². The van der Waals surface area contributed by atoms with Gasteiger partial charge in [-0.15, -0.1) is 11.8 Å². The number of thioether (sulfide) groups is 1. The quantitative estimate of drug-likeness (QED) is 0.183. The summed E-state index contributed by atoms with van der Waals surface area (Å²) in [5, 5.41) is 8.38. The molecular weight excluding hydrogens is 498 g/mol. The summed E-state index contributed by atoms with van der Waals surface area (Å²) in [4.78, 5) is 39.0. The Morgan fingerprint density at radius 3 is 2.18 bits per heavy atom. The van der Waals surface area contributed by atoms with Crippen molar-refractivity contribution in [2.45, 2.75) is 18.7 Å². The Morgan fingerprint density at radius 1 is 0.816 bits per heavy atom. The zero-order valence-corrected chi connectivity index (χ0v) is 21.8. The molecule has 0 aliphatic rings. The summed E-state index contributed by atoms with van der Waals surface area (Å²) in [7, 11) is 0. The lowest BCUT2D eigenvalue weighted by Gasteiger charge is -2.11. The number of amides is 3. The molecule has 38 heavy (non-hydrogen) atoms. The molecule has 1 aromatic heterocycles. The predicted molar refractivity (Wildman–Crippen MR) is 151 cm³/mol. The summed E-state index contributed by atoms with van der Waals surface area (Å²) in [6.07, 6.45) is 2.95. The van der Waals surface area contributed by atoms with Gasteiger partial charge < -0.3 is 20.4 Å². The number of furan rings is 1. The topological polar surface area (TPSA) is 100 Å². The second-order valence-electron chi connectivity index (χ2n) is 8.59. The van der Waals surface area contributed by atoms with E-state index in [0.717, 1.165) is 21.7 Å². The molecule has 0 unspecified atom stereocenters. The standard InChI is InChI=1S/C30H27N3O4S/c1-20-15-21(2)17-24(16-20)31-28(34)19-38-26-12-10-23(11-13-26)32-30(36)27(18-25-9-6-14-37-25)33-29(35)22-7-4-3-5-8-22/h3-18H,19H2,1-2H3,(H,31,34)(H,32,36)(H,33,35). The van der Waals surface area contributed by atoms with Crippen molar-refractivity contribution in [3.05, 3.63) is 119 Å². The van der Waals surface area contributed by atoms with Crippen molar-refractivity contribution in [3.63, 3.8) is 0 Å². The zero-order chi connectivity index (χ0) is 26.9. The molecule has 8 heteroatoms. The fourth-order valence-corrected chi connectivity index (χ4v) is 4.38. The van der Waals surface area contributed by atoms with Crippen molar-refractivity contribution in [3.8, 4) is 0 Å². The lowest BCUT2D eigenvalue weighted by atomic mass is 10.1. The molecular formula is C30H27N3O4S. The van der Waals surface area contributed by atoms with Gasteiger partial charge in [-0.05, 0) is 85.6 Å². The largest absolute Gasteiger partial charge is 0.465 e. The Bertz CT molecular complexity index is 1430. The Morgan fingerprint density at radius 2 is 1.53 bits per heavy atom. The second kappa shape index (κ2) is 12.6. The number of rotatable bonds is 9. The third-order valence-electron chi connectivity index (χ3n) is 5.35. The van der Waals surface area contributed by atoms with Gasteiger partial charge in [0.2, 0.25) is 5.91 Å². The van der Waals surface area contributed by atoms with Gasteiger partial charge in [-0.3, -0.25) is 14.4 Å². The van der Waals surface area contributed by atoms with E-state index >= 15 is 0 Å². The molecule has 3 N–H and O–H groups in total. The van der Waals surface area contributed by atoms with Gasteiger partial charge >= 0.3 is 0 Å². The van der Waals surface area contributed by atoms with Crippen molar-refractivity contribution in [1.82, 2.24) is 5.32 Å². The highest BCUT2D eigenvalue weighted by molar-refractivity contribution is 8.00. The van der Waals surface area contributed by atoms with Crippen molar-refractivity contribution < 1.29 is 18.8 Å². The van der Waals surface area contributed by atoms with Crippen LogP contribution >= 0.6 is 11.8 Å². The van der Waals surface area contributed by atoms with E-state index in [1.54, 1.807) is 48.5 Å². The molecule has 3 aromatic carbocycles. The van der Waals surface area contributed by atoms with Crippen LogP contribution in [-0.2, 0) is 9.59 Å². The third kappa shape index (κ3) is 7.72. The minimum atomic E-state index is -0.501. The normalized spacial score (nSPS) is 11.1. The minimum Gasteiger partial charge on any atom is -0.465 e. The van der Waals surface area contributed by atoms with Gasteiger partial charge in [0.05, 0.1) is 12.0 Å². The molecule has 1 heterocycles. The van der Waals surface area contributed by atoms with Crippen LogP contribution < -0.4 is 16.0 Å². The van der Waals surface area contributed by atoms with Gasteiger partial charge in [0, 0.05) is 27.9 Å². The monoisotopic (exact) mass is 525 g/mol. The number of hydrogen-bond acceptors (Lipinski definition) is 5. The first-order chi connectivity index (χ1) is 18.4. The van der Waals surface area contributed by atoms with E-state index in [-0.39, 0.29) is 17.4 Å². The number of hydrogen-bond donors (Lipinski definition) is 3. The molecule has 0 saturated heterocycles. The van der Waals surface area contributed by atoms with Gasteiger partial charge in [-0.1, -0.05) is 24.3 Å². The van der Waals surface area contributed by atoms with Crippen LogP contribution in [0.1, 0.15) is 27.2 Å². The lowest BCUT2D eigenvalue weighted by molar-refractivity contribution is -0.114. The molecule has 0 atom stereocenters. The first-order valence-electron chi connectivity index (χ1n) is 11.9. The molecule has 192 valence electrons. The van der Waals surface area contributed by atoms with Crippen molar-refractivity contribution in [1.29, 1.82) is 0 Å². The molecule has 4 rings (SSSR count). The Labute approximate surface area is 225 Å². The molecule has 0 bridgehead atoms. The van der Waals surface area contributed by atoms with Crippen LogP contribution in [0.15, 0.2) is 106 Å². The highest BCUT2D eigenvalue weighted by Crippen LogP contribution is 2.22. The smallest absolute Gasteiger partial charge is 0.272 e. The molecule has 0 aliphatic carbocycles. The molecule has 0 saturated carbocycles. The molecule has 4 aromatic rings. The molecule has 0 aliphatic heterocycles. The summed E-state index contributed by atoms with van der Waals surface area (Å²) < 4.78 is 5.32. The van der Waals surface area contributed by atoms with Crippen LogP contribution in [-0.4, -0.2) is 23.5 Å². The van der Waals surface area contributed by atoms with Crippen LogP contribution in [0.25, 0.3) is 6.08 Å². The van der Waals surface area contributed by atoms with Gasteiger partial charge in [-0.25, -0.2) is 0 Å². The average molecular weight is 526 g/mol. The first kappa shape index (κ1) is 26.5. The van der Waals surface area contributed by atoms with Gasteiger partial charge in [0.25, 0.3) is 11.8 Å². The minimum absolute atomic E-state index is 0.0373. The van der Waals surface area contributed by atoms with E-state index in [4.69, 9.17) is 4.42 Å². The second-order valence-corrected chi connectivity index (χ2v) is 9.63. The van der Waals surface area contributed by atoms with Crippen molar-refractivity contribution in [2.24, 2.45) is 0 Å². The summed E-state index contributed by atoms with van der Waals surface area (Å²) in [6.45, 7) is 3.98. The van der Waals surface area contributed by atoms with E-state index in [0.29, 0.717) is 17.0 Å². The van der Waals surface area contributed by atoms with E-state index in [1.807, 2.05) is 44.2 Å². The fourth-order valence-electron chi connectivity index (χ4n) is 3.68. The summed E-state index contributed by atoms with van der Waals surface area (Å²) in [5.41, 5.74) is 3.96. The van der Waals surface area contributed by atoms with Gasteiger partial charge in [0.15, 0.2) is 0 Å². The highest BCUT2D eigenvalue weighted by atomic mass is 32.2. The Balaban J connectivity index is 1.36. The zero-order valence-electron chi connectivity index (χ0n) is 21.0. The number of carbonyl (C=O) groups is 3. The number of aryl methyl sites for hydroxylation is 2. The molecule has 0 radical (unpaired) electrons. The number of benzene rings is 3. The number of anilines is 2. The highest BCUT2D eigenvalue weighted by Gasteiger charge is 2.16. The predicted octanol–water partition coefficient (Wildman–Crippen LogP) is 6.04. The SMILES string of the molecule is Cc1cc(C)cc(NC(=O)CSc2ccc(NC(=O)C(=Cc3ccco3)NC(=O)c3ccccc3)cc2)c1. The first-order valence-corrected chi connectivity index (χ1v) is 12.9. The maximum absolute atomic E-state index is 13.0. The van der Waals surface area contributed by atoms with Gasteiger partial charge in [-0.2, -0.15) is 0 Å². The van der Waals surface area contributed by atoms with Crippen LogP contribution in [0.5, 0.6) is 0 Å².